The minimum Gasteiger partial charge on any atom is -0.507 e. The number of phenolic OH excluding ortho intramolecular Hbond substituents is 2. The van der Waals surface area contributed by atoms with Crippen LogP contribution in [-0.4, -0.2) is 75.1 Å². The zero-order valence-corrected chi connectivity index (χ0v) is 29.6. The molecule has 2 atom stereocenters. The molecule has 0 amide bonds. The van der Waals surface area contributed by atoms with Gasteiger partial charge in [0.15, 0.2) is 17.9 Å². The lowest BCUT2D eigenvalue weighted by Crippen LogP contribution is -2.45. The van der Waals surface area contributed by atoms with Gasteiger partial charge in [-0.05, 0) is 38.2 Å². The van der Waals surface area contributed by atoms with Crippen molar-refractivity contribution in [3.63, 3.8) is 0 Å². The molecule has 10 heteroatoms. The van der Waals surface area contributed by atoms with Crippen LogP contribution >= 0.6 is 0 Å². The summed E-state index contributed by atoms with van der Waals surface area (Å²) in [6, 6.07) is 4.47. The number of methoxy groups -OCH3 is 1. The first-order chi connectivity index (χ1) is 22.6. The second-order valence-electron chi connectivity index (χ2n) is 9.76. The van der Waals surface area contributed by atoms with E-state index in [1.165, 1.54) is 31.7 Å². The highest BCUT2D eigenvalue weighted by atomic mass is 16.6. The van der Waals surface area contributed by atoms with Gasteiger partial charge in [0.25, 0.3) is 0 Å². The molecule has 0 radical (unpaired) electrons. The second-order valence-corrected chi connectivity index (χ2v) is 9.76. The number of aliphatic hydroxyl groups is 3. The van der Waals surface area contributed by atoms with Crippen LogP contribution in [0.5, 0.6) is 17.2 Å². The summed E-state index contributed by atoms with van der Waals surface area (Å²) in [5, 5.41) is 50.0. The van der Waals surface area contributed by atoms with E-state index in [-0.39, 0.29) is 58.4 Å². The van der Waals surface area contributed by atoms with Gasteiger partial charge in [0.2, 0.25) is 5.78 Å². The lowest BCUT2D eigenvalue weighted by atomic mass is 9.73. The molecule has 5 N–H and O–H groups in total. The zero-order valence-electron chi connectivity index (χ0n) is 29.6. The quantitative estimate of drug-likeness (QED) is 0.168. The van der Waals surface area contributed by atoms with Crippen LogP contribution in [0.25, 0.3) is 0 Å². The molecule has 10 nitrogen and oxygen atoms in total. The minimum absolute atomic E-state index is 0.00456. The number of hydrogen-bond acceptors (Lipinski definition) is 10. The molecule has 0 saturated carbocycles. The molecule has 5 rings (SSSR count). The molecule has 1 saturated heterocycles. The first-order valence-corrected chi connectivity index (χ1v) is 16.4. The van der Waals surface area contributed by atoms with Gasteiger partial charge in [-0.2, -0.15) is 0 Å². The highest BCUT2D eigenvalue weighted by Gasteiger charge is 2.45. The Bertz CT molecular complexity index is 1290. The number of ether oxygens (including phenoxy) is 2. The van der Waals surface area contributed by atoms with Crippen molar-refractivity contribution in [1.82, 2.24) is 0 Å². The number of aromatic hydroxyl groups is 2. The smallest absolute Gasteiger partial charge is 0.202 e. The van der Waals surface area contributed by atoms with Crippen LogP contribution in [-0.2, 0) is 22.4 Å². The molecule has 0 unspecified atom stereocenters. The largest absolute Gasteiger partial charge is 0.507 e. The number of ketones is 3. The van der Waals surface area contributed by atoms with E-state index < -0.39 is 47.3 Å². The van der Waals surface area contributed by atoms with Crippen LogP contribution in [0.2, 0.25) is 0 Å². The lowest BCUT2D eigenvalue weighted by Gasteiger charge is -2.34. The normalized spacial score (nSPS) is 18.0. The van der Waals surface area contributed by atoms with Gasteiger partial charge in [-0.15, -0.1) is 12.8 Å². The number of Topliss-reactive ketones (excluding diaryl/α,β-unsaturated/α-hetero) is 1. The fourth-order valence-corrected chi connectivity index (χ4v) is 4.93. The Kier molecular flexibility index (Phi) is 22.7. The fourth-order valence-electron chi connectivity index (χ4n) is 4.93. The van der Waals surface area contributed by atoms with E-state index in [2.05, 4.69) is 26.7 Å². The van der Waals surface area contributed by atoms with E-state index in [0.717, 1.165) is 25.9 Å². The number of hydrogen-bond donors (Lipinski definition) is 5. The standard InChI is InChI=1S/C21H18O8.C5H10O2.C3H8.3C2H6.C2H2/c1-29-12-4-2-3-10-14(12)20(27)16-15(18(10)25)19(26)11-7-21(28,13(23)8-22)6-5-9(11)17(16)24;6-5-3-1-2-4-7-5;1-3-2;4*1-2/h2-4,22,24,26,28H,5-8H2,1H3;5-6H,1-4H2;3H2,1-2H3;3*1-2H3;1-2H/t21-;5-;;;;;/m11...../s1. The van der Waals surface area contributed by atoms with Crippen molar-refractivity contribution >= 4 is 17.3 Å². The van der Waals surface area contributed by atoms with Crippen molar-refractivity contribution in [3.05, 3.63) is 51.6 Å². The van der Waals surface area contributed by atoms with Gasteiger partial charge >= 0.3 is 0 Å². The van der Waals surface area contributed by atoms with Gasteiger partial charge in [-0.3, -0.25) is 14.4 Å². The monoisotopic (exact) mass is 660 g/mol. The highest BCUT2D eigenvalue weighted by molar-refractivity contribution is 6.31. The van der Waals surface area contributed by atoms with Gasteiger partial charge < -0.3 is 35.0 Å². The maximum absolute atomic E-state index is 13.1. The van der Waals surface area contributed by atoms with E-state index in [1.807, 2.05) is 41.5 Å². The third kappa shape index (κ3) is 10.9. The van der Waals surface area contributed by atoms with E-state index in [9.17, 15) is 29.7 Å². The number of terminal acetylenes is 1. The van der Waals surface area contributed by atoms with Gasteiger partial charge in [0.1, 0.15) is 29.5 Å². The summed E-state index contributed by atoms with van der Waals surface area (Å²) >= 11 is 0. The summed E-state index contributed by atoms with van der Waals surface area (Å²) in [5.41, 5.74) is -2.38. The van der Waals surface area contributed by atoms with E-state index in [4.69, 9.17) is 19.7 Å². The van der Waals surface area contributed by atoms with Crippen LogP contribution in [0, 0.1) is 12.8 Å². The van der Waals surface area contributed by atoms with Crippen LogP contribution < -0.4 is 4.74 Å². The molecule has 2 aliphatic carbocycles. The summed E-state index contributed by atoms with van der Waals surface area (Å²) in [4.78, 5) is 38.2. The molecule has 0 spiro atoms. The molecule has 2 aromatic rings. The van der Waals surface area contributed by atoms with Crippen molar-refractivity contribution in [2.45, 2.75) is 112 Å². The van der Waals surface area contributed by atoms with E-state index in [1.54, 1.807) is 0 Å². The third-order valence-corrected chi connectivity index (χ3v) is 6.91. The number of fused-ring (bicyclic) bond motifs is 3. The van der Waals surface area contributed by atoms with Crippen LogP contribution in [0.1, 0.15) is 130 Å². The zero-order chi connectivity index (χ0) is 36.9. The van der Waals surface area contributed by atoms with Gasteiger partial charge in [0, 0.05) is 29.7 Å². The molecule has 3 aliphatic rings. The van der Waals surface area contributed by atoms with Gasteiger partial charge in [-0.1, -0.05) is 73.9 Å². The third-order valence-electron chi connectivity index (χ3n) is 6.91. The van der Waals surface area contributed by atoms with Crippen LogP contribution in [0.3, 0.4) is 0 Å². The number of phenols is 2. The topological polar surface area (TPSA) is 171 Å². The molecule has 1 aliphatic heterocycles. The number of rotatable bonds is 3. The summed E-state index contributed by atoms with van der Waals surface area (Å²) in [7, 11) is 1.35. The molecular weight excluding hydrogens is 604 g/mol. The molecule has 0 bridgehead atoms. The van der Waals surface area contributed by atoms with Gasteiger partial charge in [0.05, 0.1) is 23.8 Å². The fraction of sp³-hybridized carbons (Fsp3) is 0.541. The maximum atomic E-state index is 13.1. The Hall–Kier alpha value is -3.75. The van der Waals surface area contributed by atoms with Crippen molar-refractivity contribution < 1.29 is 49.4 Å². The van der Waals surface area contributed by atoms with E-state index in [0.29, 0.717) is 0 Å². The van der Waals surface area contributed by atoms with Crippen molar-refractivity contribution in [3.8, 4) is 30.1 Å². The van der Waals surface area contributed by atoms with Gasteiger partial charge in [-0.25, -0.2) is 0 Å². The molecule has 264 valence electrons. The SMILES string of the molecule is C#C.CC.CC.CC.CCC.COc1cccc2c1C(=O)c1c(O)c3c(c(O)c1C2=O)C[C@@](O)(C(=O)CO)CC3.O[C@H]1CCCCO1. The number of aliphatic hydroxyl groups excluding tert-OH is 2. The maximum Gasteiger partial charge on any atom is 0.202 e. The predicted molar refractivity (Wildman–Crippen MR) is 184 cm³/mol. The Labute approximate surface area is 280 Å². The summed E-state index contributed by atoms with van der Waals surface area (Å²) < 4.78 is 10.0. The molecule has 2 aromatic carbocycles. The number of benzene rings is 2. The molecule has 47 heavy (non-hydrogen) atoms. The van der Waals surface area contributed by atoms with Crippen molar-refractivity contribution in [2.24, 2.45) is 0 Å². The molecule has 0 aromatic heterocycles. The molecular formula is C37H56O10. The minimum atomic E-state index is -1.93. The Morgan fingerprint density at radius 3 is 1.91 bits per heavy atom. The van der Waals surface area contributed by atoms with Crippen LogP contribution in [0.15, 0.2) is 18.2 Å². The summed E-state index contributed by atoms with van der Waals surface area (Å²) in [6.07, 6.45) is 11.3. The predicted octanol–water partition coefficient (Wildman–Crippen LogP) is 5.91. The second kappa shape index (κ2) is 23.6. The van der Waals surface area contributed by atoms with E-state index >= 15 is 0 Å². The number of carbonyl (C=O) groups excluding carboxylic acids is 3. The number of carbonyl (C=O) groups is 3. The van der Waals surface area contributed by atoms with Crippen LogP contribution in [0.4, 0.5) is 0 Å². The Balaban J connectivity index is 0. The van der Waals surface area contributed by atoms with Crippen molar-refractivity contribution in [1.29, 1.82) is 0 Å². The Morgan fingerprint density at radius 2 is 1.47 bits per heavy atom. The average molecular weight is 661 g/mol. The summed E-state index contributed by atoms with van der Waals surface area (Å²) in [5.74, 6) is -2.99. The summed E-state index contributed by atoms with van der Waals surface area (Å²) in [6.45, 7) is 16.1. The Morgan fingerprint density at radius 1 is 0.936 bits per heavy atom. The highest BCUT2D eigenvalue weighted by Crippen LogP contribution is 2.48. The molecule has 1 fully saturated rings. The first kappa shape index (κ1) is 45.4. The molecule has 1 heterocycles. The first-order valence-electron chi connectivity index (χ1n) is 16.4. The van der Waals surface area contributed by atoms with Crippen molar-refractivity contribution in [2.75, 3.05) is 20.3 Å². The lowest BCUT2D eigenvalue weighted by molar-refractivity contribution is -0.141. The average Bonchev–Trinajstić information content (AvgIpc) is 3.12.